The Bertz CT molecular complexity index is 476. The van der Waals surface area contributed by atoms with E-state index in [2.05, 4.69) is 6.58 Å². The van der Waals surface area contributed by atoms with Crippen LogP contribution in [0.2, 0.25) is 0 Å². The molecule has 0 spiro atoms. The van der Waals surface area contributed by atoms with Crippen LogP contribution < -0.4 is 0 Å². The molecule has 2 atom stereocenters. The molecule has 0 amide bonds. The summed E-state index contributed by atoms with van der Waals surface area (Å²) in [4.78, 5) is 12.3. The number of aliphatic hydroxyl groups is 1. The van der Waals surface area contributed by atoms with E-state index in [4.69, 9.17) is 0 Å². The summed E-state index contributed by atoms with van der Waals surface area (Å²) < 4.78 is 0. The predicted molar refractivity (Wildman–Crippen MR) is 68.2 cm³/mol. The van der Waals surface area contributed by atoms with Crippen molar-refractivity contribution >= 4 is 5.78 Å². The fraction of sp³-hybridized carbons (Fsp3) is 0.400. The van der Waals surface area contributed by atoms with Gasteiger partial charge in [0.05, 0.1) is 0 Å². The van der Waals surface area contributed by atoms with Gasteiger partial charge in [-0.25, -0.2) is 0 Å². The van der Waals surface area contributed by atoms with E-state index in [1.807, 2.05) is 32.0 Å². The first kappa shape index (κ1) is 12.1. The number of fused-ring (bicyclic) bond motifs is 1. The minimum Gasteiger partial charge on any atom is -0.381 e. The highest BCUT2D eigenvalue weighted by Crippen LogP contribution is 2.46. The molecule has 0 heterocycles. The molecule has 1 aromatic rings. The second-order valence-electron chi connectivity index (χ2n) is 4.87. The Morgan fingerprint density at radius 2 is 2.12 bits per heavy atom. The Labute approximate surface area is 102 Å². The Balaban J connectivity index is 2.59. The summed E-state index contributed by atoms with van der Waals surface area (Å²) in [7, 11) is 0. The SMILES string of the molecule is C=C(C)[C@@H]1c2ccccc2C(=O)[C@@]1(O)CCC. The maximum atomic E-state index is 12.3. The second kappa shape index (κ2) is 4.11. The Kier molecular flexibility index (Phi) is 2.92. The van der Waals surface area contributed by atoms with Crippen molar-refractivity contribution < 1.29 is 9.90 Å². The molecule has 0 unspecified atom stereocenters. The molecule has 0 aliphatic heterocycles. The van der Waals surface area contributed by atoms with Crippen LogP contribution in [0.4, 0.5) is 0 Å². The van der Waals surface area contributed by atoms with Gasteiger partial charge in [0.25, 0.3) is 0 Å². The third-order valence-electron chi connectivity index (χ3n) is 3.51. The van der Waals surface area contributed by atoms with Gasteiger partial charge in [-0.1, -0.05) is 49.8 Å². The van der Waals surface area contributed by atoms with Crippen LogP contribution in [0.15, 0.2) is 36.4 Å². The third-order valence-corrected chi connectivity index (χ3v) is 3.51. The Morgan fingerprint density at radius 1 is 1.47 bits per heavy atom. The van der Waals surface area contributed by atoms with Crippen molar-refractivity contribution in [3.8, 4) is 0 Å². The molecule has 0 fully saturated rings. The van der Waals surface area contributed by atoms with Crippen LogP contribution in [0.5, 0.6) is 0 Å². The lowest BCUT2D eigenvalue weighted by molar-refractivity contribution is 0.0236. The standard InChI is InChI=1S/C15H18O2/c1-4-9-15(17)13(10(2)3)11-7-5-6-8-12(11)14(15)16/h5-8,13,17H,2,4,9H2,1,3H3/t13-,15-/m1/s1. The molecule has 0 aromatic heterocycles. The number of hydrogen-bond acceptors (Lipinski definition) is 2. The molecule has 0 saturated carbocycles. The van der Waals surface area contributed by atoms with Crippen LogP contribution in [-0.2, 0) is 0 Å². The number of hydrogen-bond donors (Lipinski definition) is 1. The summed E-state index contributed by atoms with van der Waals surface area (Å²) in [5.41, 5.74) is 1.13. The molecule has 1 N–H and O–H groups in total. The summed E-state index contributed by atoms with van der Waals surface area (Å²) in [6, 6.07) is 7.45. The summed E-state index contributed by atoms with van der Waals surface area (Å²) in [6.45, 7) is 7.79. The average molecular weight is 230 g/mol. The molecule has 2 heteroatoms. The fourth-order valence-corrected chi connectivity index (χ4v) is 2.89. The topological polar surface area (TPSA) is 37.3 Å². The first-order valence-corrected chi connectivity index (χ1v) is 6.04. The van der Waals surface area contributed by atoms with E-state index in [9.17, 15) is 9.90 Å². The van der Waals surface area contributed by atoms with Gasteiger partial charge in [0.2, 0.25) is 0 Å². The average Bonchev–Trinajstić information content (AvgIpc) is 2.49. The second-order valence-corrected chi connectivity index (χ2v) is 4.87. The van der Waals surface area contributed by atoms with Crippen molar-refractivity contribution in [1.29, 1.82) is 0 Å². The first-order chi connectivity index (χ1) is 8.02. The summed E-state index contributed by atoms with van der Waals surface area (Å²) in [5.74, 6) is -0.408. The van der Waals surface area contributed by atoms with E-state index in [1.54, 1.807) is 6.07 Å². The van der Waals surface area contributed by atoms with Crippen molar-refractivity contribution in [3.63, 3.8) is 0 Å². The number of rotatable bonds is 3. The minimum absolute atomic E-state index is 0.150. The quantitative estimate of drug-likeness (QED) is 0.810. The smallest absolute Gasteiger partial charge is 0.195 e. The minimum atomic E-state index is -1.29. The highest BCUT2D eigenvalue weighted by atomic mass is 16.3. The number of Topliss-reactive ketones (excluding diaryl/α,β-unsaturated/α-hetero) is 1. The molecule has 1 aromatic carbocycles. The van der Waals surface area contributed by atoms with E-state index in [1.165, 1.54) is 0 Å². The molecule has 2 rings (SSSR count). The van der Waals surface area contributed by atoms with Gasteiger partial charge in [-0.2, -0.15) is 0 Å². The van der Waals surface area contributed by atoms with Crippen molar-refractivity contribution in [2.24, 2.45) is 0 Å². The Hall–Kier alpha value is -1.41. The lowest BCUT2D eigenvalue weighted by Gasteiger charge is -2.29. The van der Waals surface area contributed by atoms with Crippen LogP contribution in [0.3, 0.4) is 0 Å². The zero-order valence-electron chi connectivity index (χ0n) is 10.4. The van der Waals surface area contributed by atoms with Gasteiger partial charge in [0.15, 0.2) is 5.78 Å². The van der Waals surface area contributed by atoms with Gasteiger partial charge in [0.1, 0.15) is 5.60 Å². The Morgan fingerprint density at radius 3 is 2.71 bits per heavy atom. The third kappa shape index (κ3) is 1.64. The monoisotopic (exact) mass is 230 g/mol. The largest absolute Gasteiger partial charge is 0.381 e. The van der Waals surface area contributed by atoms with Gasteiger partial charge in [-0.3, -0.25) is 4.79 Å². The summed E-state index contributed by atoms with van der Waals surface area (Å²) in [5, 5.41) is 10.7. The maximum Gasteiger partial charge on any atom is 0.195 e. The van der Waals surface area contributed by atoms with Crippen molar-refractivity contribution in [2.75, 3.05) is 0 Å². The van der Waals surface area contributed by atoms with E-state index >= 15 is 0 Å². The van der Waals surface area contributed by atoms with E-state index in [-0.39, 0.29) is 11.7 Å². The number of benzene rings is 1. The lowest BCUT2D eigenvalue weighted by Crippen LogP contribution is -2.39. The molecular formula is C15H18O2. The van der Waals surface area contributed by atoms with Crippen LogP contribution in [0.1, 0.15) is 48.5 Å². The first-order valence-electron chi connectivity index (χ1n) is 6.04. The van der Waals surface area contributed by atoms with Gasteiger partial charge in [-0.15, -0.1) is 0 Å². The van der Waals surface area contributed by atoms with Gasteiger partial charge < -0.3 is 5.11 Å². The van der Waals surface area contributed by atoms with Gasteiger partial charge in [0, 0.05) is 11.5 Å². The summed E-state index contributed by atoms with van der Waals surface area (Å²) in [6.07, 6.45) is 1.26. The number of ketones is 1. The molecule has 2 nitrogen and oxygen atoms in total. The molecule has 17 heavy (non-hydrogen) atoms. The summed E-state index contributed by atoms with van der Waals surface area (Å²) >= 11 is 0. The zero-order valence-corrected chi connectivity index (χ0v) is 10.4. The molecular weight excluding hydrogens is 212 g/mol. The van der Waals surface area contributed by atoms with Gasteiger partial charge in [-0.05, 0) is 18.9 Å². The van der Waals surface area contributed by atoms with Crippen molar-refractivity contribution in [2.45, 2.75) is 38.2 Å². The molecule has 90 valence electrons. The van der Waals surface area contributed by atoms with Crippen LogP contribution >= 0.6 is 0 Å². The van der Waals surface area contributed by atoms with E-state index in [0.717, 1.165) is 17.6 Å². The van der Waals surface area contributed by atoms with Crippen LogP contribution in [-0.4, -0.2) is 16.5 Å². The molecule has 0 saturated heterocycles. The molecule has 1 aliphatic rings. The predicted octanol–water partition coefficient (Wildman–Crippen LogP) is 3.07. The van der Waals surface area contributed by atoms with Crippen molar-refractivity contribution in [1.82, 2.24) is 0 Å². The molecule has 0 bridgehead atoms. The van der Waals surface area contributed by atoms with Crippen molar-refractivity contribution in [3.05, 3.63) is 47.5 Å². The normalized spacial score (nSPS) is 27.0. The number of carbonyl (C=O) groups is 1. The van der Waals surface area contributed by atoms with E-state index < -0.39 is 5.60 Å². The fourth-order valence-electron chi connectivity index (χ4n) is 2.89. The highest BCUT2D eigenvalue weighted by molar-refractivity contribution is 6.08. The molecule has 1 aliphatic carbocycles. The molecule has 0 radical (unpaired) electrons. The van der Waals surface area contributed by atoms with Crippen LogP contribution in [0.25, 0.3) is 0 Å². The lowest BCUT2D eigenvalue weighted by atomic mass is 9.80. The highest BCUT2D eigenvalue weighted by Gasteiger charge is 2.51. The van der Waals surface area contributed by atoms with E-state index in [0.29, 0.717) is 12.0 Å². The number of carbonyl (C=O) groups excluding carboxylic acids is 1. The van der Waals surface area contributed by atoms with Crippen LogP contribution in [0, 0.1) is 0 Å². The maximum absolute atomic E-state index is 12.3. The zero-order chi connectivity index (χ0) is 12.6. The van der Waals surface area contributed by atoms with Gasteiger partial charge >= 0.3 is 0 Å².